The molecule has 4 nitrogen and oxygen atoms in total. The van der Waals surface area contributed by atoms with Crippen molar-refractivity contribution in [2.75, 3.05) is 18.1 Å². The van der Waals surface area contributed by atoms with Gasteiger partial charge in [-0.1, -0.05) is 20.8 Å². The quantitative estimate of drug-likeness (QED) is 0.725. The lowest BCUT2D eigenvalue weighted by Gasteiger charge is -2.18. The Hall–Kier alpha value is -0.580. The molecule has 5 heteroatoms. The fraction of sp³-hybridized carbons (Fsp3) is 0.923. The first-order valence-electron chi connectivity index (χ1n) is 6.21. The molecule has 0 heterocycles. The lowest BCUT2D eigenvalue weighted by atomic mass is 9.94. The first-order chi connectivity index (χ1) is 7.83. The van der Waals surface area contributed by atoms with Gasteiger partial charge in [-0.05, 0) is 32.6 Å². The van der Waals surface area contributed by atoms with E-state index in [9.17, 15) is 13.2 Å². The molecule has 0 bridgehead atoms. The molecule has 0 atom stereocenters. The van der Waals surface area contributed by atoms with Gasteiger partial charge in [0.2, 0.25) is 0 Å². The van der Waals surface area contributed by atoms with E-state index in [-0.39, 0.29) is 29.5 Å². The number of sulfone groups is 1. The highest BCUT2D eigenvalue weighted by Crippen LogP contribution is 2.19. The van der Waals surface area contributed by atoms with E-state index in [4.69, 9.17) is 4.74 Å². The van der Waals surface area contributed by atoms with Crippen LogP contribution in [-0.2, 0) is 19.4 Å². The zero-order valence-electron chi connectivity index (χ0n) is 12.4. The molecule has 0 saturated heterocycles. The molecule has 0 aliphatic heterocycles. The Morgan fingerprint density at radius 2 is 1.50 bits per heavy atom. The van der Waals surface area contributed by atoms with Crippen molar-refractivity contribution in [2.45, 2.75) is 48.0 Å². The lowest BCUT2D eigenvalue weighted by Crippen LogP contribution is -2.26. The van der Waals surface area contributed by atoms with Crippen molar-refractivity contribution >= 4 is 15.8 Å². The van der Waals surface area contributed by atoms with Crippen molar-refractivity contribution in [1.29, 1.82) is 0 Å². The second-order valence-electron chi connectivity index (χ2n) is 6.85. The van der Waals surface area contributed by atoms with Crippen LogP contribution in [0, 0.1) is 10.8 Å². The molecule has 18 heavy (non-hydrogen) atoms. The van der Waals surface area contributed by atoms with E-state index in [0.29, 0.717) is 6.42 Å². The van der Waals surface area contributed by atoms with Crippen LogP contribution in [0.3, 0.4) is 0 Å². The number of carbonyl (C=O) groups is 1. The Bertz CT molecular complexity index is 369. The maximum atomic E-state index is 11.7. The minimum atomic E-state index is -3.13. The Morgan fingerprint density at radius 3 is 1.89 bits per heavy atom. The van der Waals surface area contributed by atoms with Crippen LogP contribution in [0.1, 0.15) is 48.0 Å². The molecule has 0 aromatic heterocycles. The first-order valence-corrected chi connectivity index (χ1v) is 8.03. The van der Waals surface area contributed by atoms with Gasteiger partial charge < -0.3 is 4.74 Å². The summed E-state index contributed by atoms with van der Waals surface area (Å²) in [4.78, 5) is 11.5. The first kappa shape index (κ1) is 17.4. The third-order valence-corrected chi connectivity index (χ3v) is 4.02. The van der Waals surface area contributed by atoms with Gasteiger partial charge in [-0.2, -0.15) is 0 Å². The van der Waals surface area contributed by atoms with Crippen LogP contribution < -0.4 is 0 Å². The number of esters is 1. The molecular weight excluding hydrogens is 252 g/mol. The van der Waals surface area contributed by atoms with Gasteiger partial charge in [0.25, 0.3) is 0 Å². The van der Waals surface area contributed by atoms with Crippen molar-refractivity contribution in [3.05, 3.63) is 0 Å². The molecule has 0 radical (unpaired) electrons. The van der Waals surface area contributed by atoms with E-state index < -0.39 is 15.3 Å². The van der Waals surface area contributed by atoms with Crippen LogP contribution in [0.5, 0.6) is 0 Å². The molecule has 0 saturated carbocycles. The summed E-state index contributed by atoms with van der Waals surface area (Å²) in [6, 6.07) is 0. The predicted molar refractivity (Wildman–Crippen MR) is 73.1 cm³/mol. The monoisotopic (exact) mass is 278 g/mol. The smallest absolute Gasteiger partial charge is 0.311 e. The molecule has 0 amide bonds. The van der Waals surface area contributed by atoms with Crippen LogP contribution in [0.15, 0.2) is 0 Å². The summed E-state index contributed by atoms with van der Waals surface area (Å²) in [7, 11) is -3.13. The van der Waals surface area contributed by atoms with Gasteiger partial charge in [0.15, 0.2) is 9.84 Å². The van der Waals surface area contributed by atoms with E-state index in [0.717, 1.165) is 0 Å². The third kappa shape index (κ3) is 8.50. The van der Waals surface area contributed by atoms with Crippen molar-refractivity contribution in [3.63, 3.8) is 0 Å². The van der Waals surface area contributed by atoms with Crippen molar-refractivity contribution < 1.29 is 17.9 Å². The lowest BCUT2D eigenvalue weighted by molar-refractivity contribution is -0.152. The van der Waals surface area contributed by atoms with E-state index in [2.05, 4.69) is 0 Å². The van der Waals surface area contributed by atoms with E-state index in [1.54, 1.807) is 20.8 Å². The number of hydrogen-bond donors (Lipinski definition) is 0. The molecule has 0 spiro atoms. The van der Waals surface area contributed by atoms with E-state index >= 15 is 0 Å². The SMILES string of the molecule is CC(C)(C)CCS(=O)(=O)CCOC(=O)C(C)(C)C. The Balaban J connectivity index is 4.11. The van der Waals surface area contributed by atoms with Crippen LogP contribution >= 0.6 is 0 Å². The zero-order valence-corrected chi connectivity index (χ0v) is 13.2. The van der Waals surface area contributed by atoms with Crippen LogP contribution in [-0.4, -0.2) is 32.5 Å². The van der Waals surface area contributed by atoms with Gasteiger partial charge in [0.05, 0.1) is 16.9 Å². The number of rotatable bonds is 5. The van der Waals surface area contributed by atoms with Crippen molar-refractivity contribution in [2.24, 2.45) is 10.8 Å². The predicted octanol–water partition coefficient (Wildman–Crippen LogP) is 2.43. The molecule has 0 fully saturated rings. The van der Waals surface area contributed by atoms with Crippen LogP contribution in [0.4, 0.5) is 0 Å². The van der Waals surface area contributed by atoms with Gasteiger partial charge in [-0.15, -0.1) is 0 Å². The summed E-state index contributed by atoms with van der Waals surface area (Å²) in [6.07, 6.45) is 0.614. The number of carbonyl (C=O) groups excluding carboxylic acids is 1. The molecule has 0 aliphatic carbocycles. The largest absolute Gasteiger partial charge is 0.464 e. The minimum Gasteiger partial charge on any atom is -0.464 e. The summed E-state index contributed by atoms with van der Waals surface area (Å²) >= 11 is 0. The molecule has 0 aliphatic rings. The summed E-state index contributed by atoms with van der Waals surface area (Å²) in [6.45, 7) is 11.2. The van der Waals surface area contributed by atoms with Gasteiger partial charge in [-0.3, -0.25) is 4.79 Å². The van der Waals surface area contributed by atoms with Gasteiger partial charge in [-0.25, -0.2) is 8.42 Å². The second kappa shape index (κ2) is 6.04. The topological polar surface area (TPSA) is 60.4 Å². The molecular formula is C13H26O4S. The average Bonchev–Trinajstić information content (AvgIpc) is 2.12. The summed E-state index contributed by atoms with van der Waals surface area (Å²) < 4.78 is 28.4. The summed E-state index contributed by atoms with van der Waals surface area (Å²) in [5, 5.41) is 0. The Kier molecular flexibility index (Phi) is 5.85. The molecule has 0 rings (SSSR count). The van der Waals surface area contributed by atoms with Crippen molar-refractivity contribution in [1.82, 2.24) is 0 Å². The van der Waals surface area contributed by atoms with E-state index in [1.165, 1.54) is 0 Å². The number of hydrogen-bond acceptors (Lipinski definition) is 4. The molecule has 108 valence electrons. The van der Waals surface area contributed by atoms with Gasteiger partial charge in [0, 0.05) is 0 Å². The Labute approximate surface area is 111 Å². The fourth-order valence-electron chi connectivity index (χ4n) is 1.04. The zero-order chi connectivity index (χ0) is 14.6. The average molecular weight is 278 g/mol. The number of ether oxygens (including phenoxy) is 1. The van der Waals surface area contributed by atoms with Crippen LogP contribution in [0.2, 0.25) is 0 Å². The van der Waals surface area contributed by atoms with E-state index in [1.807, 2.05) is 20.8 Å². The fourth-order valence-corrected chi connectivity index (χ4v) is 2.51. The molecule has 0 unspecified atom stereocenters. The Morgan fingerprint density at radius 1 is 1.00 bits per heavy atom. The third-order valence-electron chi connectivity index (χ3n) is 2.40. The standard InChI is InChI=1S/C13H26O4S/c1-12(2,3)7-9-18(15,16)10-8-17-11(14)13(4,5)6/h7-10H2,1-6H3. The minimum absolute atomic E-state index is 0.00481. The molecule has 0 N–H and O–H groups in total. The van der Waals surface area contributed by atoms with Crippen molar-refractivity contribution in [3.8, 4) is 0 Å². The second-order valence-corrected chi connectivity index (χ2v) is 9.15. The molecule has 0 aromatic carbocycles. The maximum Gasteiger partial charge on any atom is 0.311 e. The highest BCUT2D eigenvalue weighted by atomic mass is 32.2. The summed E-state index contributed by atoms with van der Waals surface area (Å²) in [5.74, 6) is -0.317. The maximum absolute atomic E-state index is 11.7. The molecule has 0 aromatic rings. The normalized spacial score (nSPS) is 13.4. The van der Waals surface area contributed by atoms with Gasteiger partial charge >= 0.3 is 5.97 Å². The van der Waals surface area contributed by atoms with Crippen LogP contribution in [0.25, 0.3) is 0 Å². The summed E-state index contributed by atoms with van der Waals surface area (Å²) in [5.41, 5.74) is -0.593. The highest BCUT2D eigenvalue weighted by molar-refractivity contribution is 7.91. The highest BCUT2D eigenvalue weighted by Gasteiger charge is 2.24. The van der Waals surface area contributed by atoms with Gasteiger partial charge in [0.1, 0.15) is 6.61 Å².